The number of hydrogen-bond donors (Lipinski definition) is 3. The van der Waals surface area contributed by atoms with Gasteiger partial charge in [-0.05, 0) is 31.2 Å². The molecule has 0 spiro atoms. The van der Waals surface area contributed by atoms with Crippen molar-refractivity contribution in [1.82, 2.24) is 15.5 Å². The number of amides is 2. The van der Waals surface area contributed by atoms with Crippen molar-refractivity contribution in [3.05, 3.63) is 47.7 Å². The number of rotatable bonds is 6. The van der Waals surface area contributed by atoms with Gasteiger partial charge < -0.3 is 15.4 Å². The molecular weight excluding hydrogens is 356 g/mol. The molecule has 7 heteroatoms. The van der Waals surface area contributed by atoms with Crippen LogP contribution in [0.25, 0.3) is 0 Å². The van der Waals surface area contributed by atoms with Gasteiger partial charge in [0.15, 0.2) is 5.82 Å². The Morgan fingerprint density at radius 3 is 2.64 bits per heavy atom. The lowest BCUT2D eigenvalue weighted by molar-refractivity contribution is -0.123. The fourth-order valence-electron chi connectivity index (χ4n) is 3.85. The molecule has 2 aromatic rings. The van der Waals surface area contributed by atoms with E-state index in [0.29, 0.717) is 31.4 Å². The van der Waals surface area contributed by atoms with Crippen molar-refractivity contribution in [2.45, 2.75) is 44.1 Å². The van der Waals surface area contributed by atoms with Crippen molar-refractivity contribution < 1.29 is 14.3 Å². The predicted molar refractivity (Wildman–Crippen MR) is 105 cm³/mol. The van der Waals surface area contributed by atoms with Crippen LogP contribution < -0.4 is 10.6 Å². The Labute approximate surface area is 164 Å². The maximum atomic E-state index is 12.3. The maximum Gasteiger partial charge on any atom is 0.228 e. The smallest absolute Gasteiger partial charge is 0.228 e. The van der Waals surface area contributed by atoms with Gasteiger partial charge in [-0.2, -0.15) is 5.10 Å². The van der Waals surface area contributed by atoms with Crippen LogP contribution in [0.5, 0.6) is 0 Å². The zero-order chi connectivity index (χ0) is 19.3. The van der Waals surface area contributed by atoms with E-state index >= 15 is 0 Å². The van der Waals surface area contributed by atoms with Crippen LogP contribution >= 0.6 is 0 Å². The molecule has 3 N–H and O–H groups in total. The molecule has 148 valence electrons. The van der Waals surface area contributed by atoms with Crippen molar-refractivity contribution in [1.29, 1.82) is 0 Å². The normalized spacial score (nSPS) is 22.3. The van der Waals surface area contributed by atoms with Crippen LogP contribution in [0.3, 0.4) is 0 Å². The molecule has 2 amide bonds. The van der Waals surface area contributed by atoms with Gasteiger partial charge >= 0.3 is 0 Å². The van der Waals surface area contributed by atoms with E-state index in [1.165, 1.54) is 0 Å². The molecule has 28 heavy (non-hydrogen) atoms. The van der Waals surface area contributed by atoms with Gasteiger partial charge in [0.1, 0.15) is 0 Å². The summed E-state index contributed by atoms with van der Waals surface area (Å²) in [7, 11) is 0. The third kappa shape index (κ3) is 4.59. The summed E-state index contributed by atoms with van der Waals surface area (Å²) in [6, 6.07) is 11.9. The van der Waals surface area contributed by atoms with Crippen molar-refractivity contribution >= 4 is 17.6 Å². The van der Waals surface area contributed by atoms with E-state index in [2.05, 4.69) is 20.8 Å². The van der Waals surface area contributed by atoms with Gasteiger partial charge in [0.2, 0.25) is 11.8 Å². The van der Waals surface area contributed by atoms with Crippen molar-refractivity contribution in [3.63, 3.8) is 0 Å². The molecule has 1 aromatic carbocycles. The highest BCUT2D eigenvalue weighted by Gasteiger charge is 2.33. The minimum Gasteiger partial charge on any atom is -0.381 e. The van der Waals surface area contributed by atoms with Gasteiger partial charge in [0.05, 0.1) is 6.42 Å². The number of carbonyl (C=O) groups excluding carboxylic acids is 2. The van der Waals surface area contributed by atoms with Gasteiger partial charge in [0.25, 0.3) is 0 Å². The molecule has 2 heterocycles. The lowest BCUT2D eigenvalue weighted by atomic mass is 9.78. The third-order valence-corrected chi connectivity index (χ3v) is 5.59. The van der Waals surface area contributed by atoms with E-state index in [0.717, 1.165) is 36.9 Å². The Hall–Kier alpha value is -2.67. The molecular formula is C21H26N4O3. The number of nitrogens with one attached hydrogen (secondary N) is 3. The second-order valence-electron chi connectivity index (χ2n) is 7.68. The number of aromatic amines is 1. The molecule has 1 aromatic heterocycles. The monoisotopic (exact) mass is 382 g/mol. The molecule has 2 fully saturated rings. The average Bonchev–Trinajstić information content (AvgIpc) is 3.13. The summed E-state index contributed by atoms with van der Waals surface area (Å²) in [4.78, 5) is 24.4. The second kappa shape index (κ2) is 8.56. The van der Waals surface area contributed by atoms with Crippen molar-refractivity contribution in [2.75, 3.05) is 18.5 Å². The number of ether oxygens (including phenoxy) is 1. The summed E-state index contributed by atoms with van der Waals surface area (Å²) >= 11 is 0. The van der Waals surface area contributed by atoms with E-state index in [1.54, 1.807) is 0 Å². The van der Waals surface area contributed by atoms with Crippen LogP contribution in [0.15, 0.2) is 36.4 Å². The van der Waals surface area contributed by atoms with Crippen molar-refractivity contribution in [2.24, 2.45) is 5.92 Å². The molecule has 1 saturated heterocycles. The predicted octanol–water partition coefficient (Wildman–Crippen LogP) is 2.38. The second-order valence-corrected chi connectivity index (χ2v) is 7.68. The molecule has 1 saturated carbocycles. The first-order valence-electron chi connectivity index (χ1n) is 9.94. The van der Waals surface area contributed by atoms with Crippen LogP contribution in [0.4, 0.5) is 5.82 Å². The van der Waals surface area contributed by atoms with Gasteiger partial charge in [-0.15, -0.1) is 0 Å². The molecule has 7 nitrogen and oxygen atoms in total. The highest BCUT2D eigenvalue weighted by Crippen LogP contribution is 2.36. The Balaban J connectivity index is 1.21. The van der Waals surface area contributed by atoms with E-state index in [-0.39, 0.29) is 23.8 Å². The van der Waals surface area contributed by atoms with Crippen molar-refractivity contribution in [3.8, 4) is 0 Å². The fourth-order valence-corrected chi connectivity index (χ4v) is 3.85. The number of anilines is 1. The number of nitrogens with zero attached hydrogens (tertiary/aromatic N) is 1. The summed E-state index contributed by atoms with van der Waals surface area (Å²) in [6.07, 6.45) is 3.70. The average molecular weight is 382 g/mol. The number of benzene rings is 1. The first-order chi connectivity index (χ1) is 13.7. The number of aromatic nitrogens is 2. The highest BCUT2D eigenvalue weighted by molar-refractivity contribution is 5.91. The molecule has 2 aliphatic rings. The Bertz CT molecular complexity index is 808. The van der Waals surface area contributed by atoms with E-state index in [4.69, 9.17) is 4.74 Å². The highest BCUT2D eigenvalue weighted by atomic mass is 16.5. The zero-order valence-electron chi connectivity index (χ0n) is 15.8. The SMILES string of the molecule is O=C(Cc1ccccc1)NC1CC(c2cc(NC(=O)C3CCOCC3)n[nH]2)C1. The van der Waals surface area contributed by atoms with Gasteiger partial charge in [-0.25, -0.2) is 0 Å². The van der Waals surface area contributed by atoms with Crippen LogP contribution in [0, 0.1) is 5.92 Å². The topological polar surface area (TPSA) is 96.1 Å². The molecule has 0 radical (unpaired) electrons. The fraction of sp³-hybridized carbons (Fsp3) is 0.476. The van der Waals surface area contributed by atoms with E-state index < -0.39 is 0 Å². The van der Waals surface area contributed by atoms with Crippen LogP contribution in [-0.4, -0.2) is 41.3 Å². The Morgan fingerprint density at radius 2 is 1.89 bits per heavy atom. The minimum absolute atomic E-state index is 0.00168. The zero-order valence-corrected chi connectivity index (χ0v) is 15.8. The molecule has 1 aliphatic heterocycles. The first kappa shape index (κ1) is 18.7. The number of H-pyrrole nitrogens is 1. The largest absolute Gasteiger partial charge is 0.381 e. The summed E-state index contributed by atoms with van der Waals surface area (Å²) < 4.78 is 5.30. The molecule has 0 atom stereocenters. The van der Waals surface area contributed by atoms with Crippen LogP contribution in [0.2, 0.25) is 0 Å². The van der Waals surface area contributed by atoms with Crippen LogP contribution in [-0.2, 0) is 20.7 Å². The standard InChI is InChI=1S/C21H26N4O3/c26-20(10-14-4-2-1-3-5-14)22-17-11-16(12-17)18-13-19(25-24-18)23-21(27)15-6-8-28-9-7-15/h1-5,13,15-17H,6-12H2,(H,22,26)(H2,23,24,25,27). The Kier molecular flexibility index (Phi) is 5.71. The molecule has 4 rings (SSSR count). The summed E-state index contributed by atoms with van der Waals surface area (Å²) in [5.41, 5.74) is 2.03. The molecule has 1 aliphatic carbocycles. The summed E-state index contributed by atoms with van der Waals surface area (Å²) in [5.74, 6) is 0.984. The Morgan fingerprint density at radius 1 is 1.14 bits per heavy atom. The summed E-state index contributed by atoms with van der Waals surface area (Å²) in [5, 5.41) is 13.2. The summed E-state index contributed by atoms with van der Waals surface area (Å²) in [6.45, 7) is 1.28. The molecule has 0 bridgehead atoms. The lowest BCUT2D eigenvalue weighted by Gasteiger charge is -2.35. The lowest BCUT2D eigenvalue weighted by Crippen LogP contribution is -2.44. The maximum absolute atomic E-state index is 12.3. The third-order valence-electron chi connectivity index (χ3n) is 5.59. The van der Waals surface area contributed by atoms with Crippen LogP contribution in [0.1, 0.15) is 42.9 Å². The number of carbonyl (C=O) groups is 2. The first-order valence-corrected chi connectivity index (χ1v) is 9.94. The number of hydrogen-bond acceptors (Lipinski definition) is 4. The minimum atomic E-state index is 0.00168. The van der Waals surface area contributed by atoms with Gasteiger partial charge in [-0.3, -0.25) is 14.7 Å². The van der Waals surface area contributed by atoms with E-state index in [9.17, 15) is 9.59 Å². The molecule has 0 unspecified atom stereocenters. The van der Waals surface area contributed by atoms with Gasteiger partial charge in [-0.1, -0.05) is 30.3 Å². The van der Waals surface area contributed by atoms with Gasteiger partial charge in [0, 0.05) is 42.9 Å². The quantitative estimate of drug-likeness (QED) is 0.715. The van der Waals surface area contributed by atoms with E-state index in [1.807, 2.05) is 36.4 Å².